The topological polar surface area (TPSA) is 63.2 Å². The van der Waals surface area contributed by atoms with Crippen LogP contribution in [-0.2, 0) is 21.8 Å². The van der Waals surface area contributed by atoms with Crippen LogP contribution in [0.25, 0.3) is 11.3 Å². The summed E-state index contributed by atoms with van der Waals surface area (Å²) in [4.78, 5) is 10.6. The average Bonchev–Trinajstić information content (AvgIpc) is 2.80. The van der Waals surface area contributed by atoms with Crippen LogP contribution in [0.2, 0.25) is 5.02 Å². The zero-order valence-electron chi connectivity index (χ0n) is 19.3. The van der Waals surface area contributed by atoms with E-state index in [9.17, 15) is 21.6 Å². The number of halogens is 4. The highest BCUT2D eigenvalue weighted by Gasteiger charge is 2.35. The lowest BCUT2D eigenvalue weighted by Crippen LogP contribution is -2.35. The molecule has 0 saturated carbocycles. The zero-order valence-corrected chi connectivity index (χ0v) is 20.9. The quantitative estimate of drug-likeness (QED) is 0.391. The molecule has 1 saturated heterocycles. The van der Waals surface area contributed by atoms with Gasteiger partial charge in [-0.3, -0.25) is 4.98 Å². The largest absolute Gasteiger partial charge is 0.418 e. The van der Waals surface area contributed by atoms with E-state index in [1.165, 1.54) is 12.1 Å². The van der Waals surface area contributed by atoms with E-state index in [1.54, 1.807) is 31.2 Å². The first-order chi connectivity index (χ1) is 16.4. The maximum absolute atomic E-state index is 13.7. The van der Waals surface area contributed by atoms with Crippen molar-refractivity contribution in [1.29, 1.82) is 0 Å². The highest BCUT2D eigenvalue weighted by atomic mass is 35.5. The van der Waals surface area contributed by atoms with Crippen molar-refractivity contribution in [3.63, 3.8) is 0 Å². The molecule has 4 rings (SSSR count). The van der Waals surface area contributed by atoms with Crippen LogP contribution in [0, 0.1) is 12.8 Å². The Morgan fingerprint density at radius 3 is 2.60 bits per heavy atom. The number of benzene rings is 1. The number of anilines is 1. The lowest BCUT2D eigenvalue weighted by Gasteiger charge is -2.32. The van der Waals surface area contributed by atoms with E-state index in [1.807, 2.05) is 0 Å². The maximum Gasteiger partial charge on any atom is 0.418 e. The van der Waals surface area contributed by atoms with Crippen LogP contribution in [0.3, 0.4) is 0 Å². The first kappa shape index (κ1) is 25.4. The lowest BCUT2D eigenvalue weighted by molar-refractivity contribution is -0.137. The van der Waals surface area contributed by atoms with E-state index >= 15 is 0 Å². The van der Waals surface area contributed by atoms with Gasteiger partial charge in [0.05, 0.1) is 22.7 Å². The van der Waals surface area contributed by atoms with E-state index in [2.05, 4.69) is 21.8 Å². The van der Waals surface area contributed by atoms with Crippen molar-refractivity contribution >= 4 is 27.3 Å². The molecule has 2 aromatic heterocycles. The predicted molar refractivity (Wildman–Crippen MR) is 130 cm³/mol. The van der Waals surface area contributed by atoms with Crippen LogP contribution >= 0.6 is 11.6 Å². The van der Waals surface area contributed by atoms with Crippen molar-refractivity contribution in [2.45, 2.75) is 43.6 Å². The first-order valence-electron chi connectivity index (χ1n) is 11.2. The SMILES string of the molecule is Cc1ccc(Cl)cc1-c1nc(CS(=O)(=O)c2cccc(N3CCC[C@H](C)C3)n2)ccc1C(F)(F)F. The van der Waals surface area contributed by atoms with Gasteiger partial charge in [0, 0.05) is 23.7 Å². The summed E-state index contributed by atoms with van der Waals surface area (Å²) in [5, 5.41) is 0.127. The second kappa shape index (κ2) is 9.78. The normalized spacial score (nSPS) is 17.0. The van der Waals surface area contributed by atoms with E-state index in [0.29, 0.717) is 17.3 Å². The molecular formula is C25H25ClF3N3O2S. The summed E-state index contributed by atoms with van der Waals surface area (Å²) in [5.41, 5.74) is -0.579. The van der Waals surface area contributed by atoms with Crippen molar-refractivity contribution < 1.29 is 21.6 Å². The molecule has 35 heavy (non-hydrogen) atoms. The minimum atomic E-state index is -4.67. The molecule has 0 unspecified atom stereocenters. The third kappa shape index (κ3) is 5.78. The van der Waals surface area contributed by atoms with Crippen LogP contribution in [0.4, 0.5) is 19.0 Å². The molecule has 0 radical (unpaired) electrons. The minimum absolute atomic E-state index is 0.00817. The van der Waals surface area contributed by atoms with Gasteiger partial charge in [0.2, 0.25) is 9.84 Å². The highest BCUT2D eigenvalue weighted by molar-refractivity contribution is 7.90. The Kier molecular flexibility index (Phi) is 7.11. The van der Waals surface area contributed by atoms with Crippen molar-refractivity contribution in [2.24, 2.45) is 5.92 Å². The van der Waals surface area contributed by atoms with E-state index in [-0.39, 0.29) is 27.0 Å². The molecule has 1 aliphatic heterocycles. The number of piperidine rings is 1. The molecule has 1 atom stereocenters. The number of sulfone groups is 1. The van der Waals surface area contributed by atoms with Gasteiger partial charge in [-0.25, -0.2) is 13.4 Å². The number of rotatable bonds is 5. The Morgan fingerprint density at radius 1 is 1.11 bits per heavy atom. The van der Waals surface area contributed by atoms with Gasteiger partial charge < -0.3 is 4.90 Å². The Labute approximate surface area is 207 Å². The van der Waals surface area contributed by atoms with Crippen LogP contribution < -0.4 is 4.90 Å². The molecule has 1 fully saturated rings. The molecule has 3 aromatic rings. The van der Waals surface area contributed by atoms with Gasteiger partial charge in [0.25, 0.3) is 0 Å². The number of hydrogen-bond donors (Lipinski definition) is 0. The fraction of sp³-hybridized carbons (Fsp3) is 0.360. The van der Waals surface area contributed by atoms with Gasteiger partial charge >= 0.3 is 6.18 Å². The second-order valence-electron chi connectivity index (χ2n) is 8.94. The number of pyridine rings is 2. The maximum atomic E-state index is 13.7. The van der Waals surface area contributed by atoms with Crippen LogP contribution in [0.15, 0.2) is 53.6 Å². The number of aromatic nitrogens is 2. The second-order valence-corrected chi connectivity index (χ2v) is 11.3. The molecule has 0 aliphatic carbocycles. The highest BCUT2D eigenvalue weighted by Crippen LogP contribution is 2.38. The van der Waals surface area contributed by atoms with Gasteiger partial charge in [-0.1, -0.05) is 30.7 Å². The Balaban J connectivity index is 1.70. The third-order valence-electron chi connectivity index (χ3n) is 6.06. The molecule has 3 heterocycles. The van der Waals surface area contributed by atoms with Gasteiger partial charge in [0.15, 0.2) is 5.03 Å². The Hall–Kier alpha value is -2.65. The number of nitrogens with zero attached hydrogens (tertiary/aromatic N) is 3. The van der Waals surface area contributed by atoms with Crippen molar-refractivity contribution in [3.8, 4) is 11.3 Å². The summed E-state index contributed by atoms with van der Waals surface area (Å²) in [7, 11) is -3.96. The van der Waals surface area contributed by atoms with Crippen LogP contribution in [-0.4, -0.2) is 31.5 Å². The molecule has 0 bridgehead atoms. The summed E-state index contributed by atoms with van der Waals surface area (Å²) in [6.07, 6.45) is -2.56. The van der Waals surface area contributed by atoms with E-state index in [4.69, 9.17) is 11.6 Å². The first-order valence-corrected chi connectivity index (χ1v) is 13.3. The summed E-state index contributed by atoms with van der Waals surface area (Å²) in [6.45, 7) is 5.37. The number of alkyl halides is 3. The monoisotopic (exact) mass is 523 g/mol. The Bertz CT molecular complexity index is 1350. The minimum Gasteiger partial charge on any atom is -0.356 e. The van der Waals surface area contributed by atoms with Gasteiger partial charge in [-0.15, -0.1) is 0 Å². The molecule has 0 N–H and O–H groups in total. The van der Waals surface area contributed by atoms with Gasteiger partial charge in [0.1, 0.15) is 5.82 Å². The predicted octanol–water partition coefficient (Wildman–Crippen LogP) is 6.33. The third-order valence-corrected chi connectivity index (χ3v) is 7.84. The standard InChI is InChI=1S/C25H25ClF3N3O2S/c1-16-5-4-12-32(14-16)22-6-3-7-23(31-22)35(33,34)15-19-10-11-21(25(27,28)29)24(30-19)20-13-18(26)9-8-17(20)2/h3,6-11,13,16H,4-5,12,14-15H2,1-2H3/t16-/m0/s1. The Morgan fingerprint density at radius 2 is 1.89 bits per heavy atom. The summed E-state index contributed by atoms with van der Waals surface area (Å²) in [5.74, 6) is 0.480. The van der Waals surface area contributed by atoms with E-state index < -0.39 is 27.3 Å². The van der Waals surface area contributed by atoms with Gasteiger partial charge in [-0.05, 0) is 67.6 Å². The summed E-state index contributed by atoms with van der Waals surface area (Å²) < 4.78 is 67.6. The lowest BCUT2D eigenvalue weighted by atomic mass is 10.0. The zero-order chi connectivity index (χ0) is 25.4. The fourth-order valence-corrected chi connectivity index (χ4v) is 5.67. The molecule has 1 aliphatic rings. The molecule has 186 valence electrons. The van der Waals surface area contributed by atoms with Crippen LogP contribution in [0.1, 0.15) is 36.6 Å². The molecular weight excluding hydrogens is 499 g/mol. The molecule has 0 spiro atoms. The van der Waals surface area contributed by atoms with Crippen molar-refractivity contribution in [2.75, 3.05) is 18.0 Å². The van der Waals surface area contributed by atoms with Crippen molar-refractivity contribution in [1.82, 2.24) is 9.97 Å². The number of hydrogen-bond acceptors (Lipinski definition) is 5. The molecule has 5 nitrogen and oxygen atoms in total. The molecule has 1 aromatic carbocycles. The van der Waals surface area contributed by atoms with Gasteiger partial charge in [-0.2, -0.15) is 13.2 Å². The summed E-state index contributed by atoms with van der Waals surface area (Å²) in [6, 6.07) is 11.3. The van der Waals surface area contributed by atoms with Crippen molar-refractivity contribution in [3.05, 3.63) is 70.4 Å². The fourth-order valence-electron chi connectivity index (χ4n) is 4.28. The number of aryl methyl sites for hydroxylation is 1. The smallest absolute Gasteiger partial charge is 0.356 e. The van der Waals surface area contributed by atoms with Crippen LogP contribution in [0.5, 0.6) is 0 Å². The molecule has 0 amide bonds. The summed E-state index contributed by atoms with van der Waals surface area (Å²) >= 11 is 6.03. The van der Waals surface area contributed by atoms with E-state index in [0.717, 1.165) is 38.1 Å². The molecule has 10 heteroatoms. The average molecular weight is 524 g/mol.